The number of nitrogens with one attached hydrogen (secondary N) is 2. The molecular weight excluding hydrogens is 284 g/mol. The number of benzene rings is 1. The lowest BCUT2D eigenvalue weighted by molar-refractivity contribution is -0.394. The maximum Gasteiger partial charge on any atom is 0.470 e. The van der Waals surface area contributed by atoms with E-state index >= 15 is 0 Å². The molecule has 8 heteroatoms. The number of nitro groups is 1. The third-order valence-electron chi connectivity index (χ3n) is 3.79. The first kappa shape index (κ1) is 12.8. The van der Waals surface area contributed by atoms with E-state index in [2.05, 4.69) is 37.4 Å². The SMILES string of the molecule is O=[N+]([O-])c1ncc2[nH]c(C3NCCc4ccccc43)nc2n1. The van der Waals surface area contributed by atoms with Gasteiger partial charge in [-0.2, -0.15) is 4.98 Å². The normalized spacial score (nSPS) is 17.4. The number of hydrogen-bond acceptors (Lipinski definition) is 6. The van der Waals surface area contributed by atoms with Crippen LogP contribution in [0.4, 0.5) is 5.95 Å². The van der Waals surface area contributed by atoms with Gasteiger partial charge in [0.2, 0.25) is 0 Å². The van der Waals surface area contributed by atoms with Crippen molar-refractivity contribution in [1.29, 1.82) is 0 Å². The van der Waals surface area contributed by atoms with Gasteiger partial charge in [0.05, 0.1) is 6.04 Å². The smallest absolute Gasteiger partial charge is 0.390 e. The van der Waals surface area contributed by atoms with Crippen molar-refractivity contribution in [3.8, 4) is 0 Å². The van der Waals surface area contributed by atoms with Gasteiger partial charge in [-0.3, -0.25) is 0 Å². The molecule has 1 aliphatic rings. The molecule has 1 unspecified atom stereocenters. The van der Waals surface area contributed by atoms with Crippen LogP contribution in [0.2, 0.25) is 0 Å². The number of aromatic nitrogens is 4. The van der Waals surface area contributed by atoms with Crippen LogP contribution in [0.25, 0.3) is 11.2 Å². The van der Waals surface area contributed by atoms with Crippen LogP contribution in [0.3, 0.4) is 0 Å². The third kappa shape index (κ3) is 2.01. The van der Waals surface area contributed by atoms with Gasteiger partial charge in [0.1, 0.15) is 17.5 Å². The fourth-order valence-corrected chi connectivity index (χ4v) is 2.79. The number of H-pyrrole nitrogens is 1. The number of fused-ring (bicyclic) bond motifs is 2. The second kappa shape index (κ2) is 4.85. The van der Waals surface area contributed by atoms with E-state index in [4.69, 9.17) is 0 Å². The maximum absolute atomic E-state index is 10.7. The number of hydrogen-bond donors (Lipinski definition) is 2. The Morgan fingerprint density at radius 3 is 3.00 bits per heavy atom. The Kier molecular flexibility index (Phi) is 2.83. The van der Waals surface area contributed by atoms with Crippen molar-refractivity contribution in [2.45, 2.75) is 12.5 Å². The average Bonchev–Trinajstić information content (AvgIpc) is 2.97. The average molecular weight is 296 g/mol. The highest BCUT2D eigenvalue weighted by Crippen LogP contribution is 2.28. The molecule has 0 saturated carbocycles. The van der Waals surface area contributed by atoms with Crippen LogP contribution in [0.15, 0.2) is 30.5 Å². The standard InChI is InChI=1S/C14H12N6O2/c21-20(22)14-16-7-10-12(19-14)18-13(17-10)11-9-4-2-1-3-8(9)5-6-15-11/h1-4,7,11,15H,5-6H2,(H,16,17,18,19). The van der Waals surface area contributed by atoms with E-state index in [0.717, 1.165) is 18.5 Å². The molecule has 3 heterocycles. The molecule has 0 saturated heterocycles. The van der Waals surface area contributed by atoms with E-state index in [-0.39, 0.29) is 6.04 Å². The molecule has 1 atom stereocenters. The van der Waals surface area contributed by atoms with Crippen LogP contribution in [0.1, 0.15) is 23.0 Å². The fraction of sp³-hybridized carbons (Fsp3) is 0.214. The predicted octanol–water partition coefficient (Wildman–Crippen LogP) is 1.50. The molecule has 0 amide bonds. The van der Waals surface area contributed by atoms with E-state index in [9.17, 15) is 10.1 Å². The van der Waals surface area contributed by atoms with E-state index in [1.54, 1.807) is 0 Å². The second-order valence-corrected chi connectivity index (χ2v) is 5.12. The van der Waals surface area contributed by atoms with E-state index < -0.39 is 10.9 Å². The first-order valence-corrected chi connectivity index (χ1v) is 6.90. The number of rotatable bonds is 2. The van der Waals surface area contributed by atoms with E-state index in [1.807, 2.05) is 12.1 Å². The first-order chi connectivity index (χ1) is 10.7. The highest BCUT2D eigenvalue weighted by Gasteiger charge is 2.25. The van der Waals surface area contributed by atoms with E-state index in [0.29, 0.717) is 17.0 Å². The Labute approximate surface area is 124 Å². The molecule has 2 N–H and O–H groups in total. The first-order valence-electron chi connectivity index (χ1n) is 6.90. The number of aromatic amines is 1. The van der Waals surface area contributed by atoms with Gasteiger partial charge in [0.25, 0.3) is 5.65 Å². The molecular formula is C14H12N6O2. The Morgan fingerprint density at radius 1 is 1.27 bits per heavy atom. The Morgan fingerprint density at radius 2 is 2.14 bits per heavy atom. The molecule has 2 aromatic heterocycles. The number of nitrogens with zero attached hydrogens (tertiary/aromatic N) is 4. The summed E-state index contributed by atoms with van der Waals surface area (Å²) in [6.07, 6.45) is 2.36. The molecule has 8 nitrogen and oxygen atoms in total. The molecule has 22 heavy (non-hydrogen) atoms. The summed E-state index contributed by atoms with van der Waals surface area (Å²) in [4.78, 5) is 25.3. The largest absolute Gasteiger partial charge is 0.470 e. The summed E-state index contributed by atoms with van der Waals surface area (Å²) in [7, 11) is 0. The van der Waals surface area contributed by atoms with Crippen LogP contribution in [-0.4, -0.2) is 31.4 Å². The molecule has 0 spiro atoms. The Hall–Kier alpha value is -2.87. The maximum atomic E-state index is 10.7. The van der Waals surface area contributed by atoms with Crippen LogP contribution in [0, 0.1) is 10.1 Å². The highest BCUT2D eigenvalue weighted by atomic mass is 16.6. The molecule has 0 bridgehead atoms. The monoisotopic (exact) mass is 296 g/mol. The van der Waals surface area contributed by atoms with Gasteiger partial charge in [-0.15, -0.1) is 0 Å². The van der Waals surface area contributed by atoms with Crippen LogP contribution in [-0.2, 0) is 6.42 Å². The lowest BCUT2D eigenvalue weighted by Gasteiger charge is -2.25. The van der Waals surface area contributed by atoms with Crippen molar-refractivity contribution in [2.24, 2.45) is 0 Å². The Bertz CT molecular complexity index is 875. The molecule has 3 aromatic rings. The summed E-state index contributed by atoms with van der Waals surface area (Å²) in [5.41, 5.74) is 3.34. The van der Waals surface area contributed by atoms with Crippen molar-refractivity contribution in [1.82, 2.24) is 25.3 Å². The number of imidazole rings is 1. The minimum atomic E-state index is -0.623. The van der Waals surface area contributed by atoms with E-state index in [1.165, 1.54) is 11.8 Å². The Balaban J connectivity index is 1.80. The summed E-state index contributed by atoms with van der Waals surface area (Å²) in [6.45, 7) is 0.852. The molecule has 1 aromatic carbocycles. The van der Waals surface area contributed by atoms with Gasteiger partial charge in [-0.25, -0.2) is 0 Å². The van der Waals surface area contributed by atoms with Crippen molar-refractivity contribution in [3.05, 3.63) is 57.5 Å². The molecule has 0 aliphatic carbocycles. The van der Waals surface area contributed by atoms with Crippen molar-refractivity contribution in [3.63, 3.8) is 0 Å². The second-order valence-electron chi connectivity index (χ2n) is 5.12. The summed E-state index contributed by atoms with van der Waals surface area (Å²) < 4.78 is 0. The van der Waals surface area contributed by atoms with Crippen molar-refractivity contribution < 1.29 is 4.92 Å². The van der Waals surface area contributed by atoms with Gasteiger partial charge in [-0.1, -0.05) is 29.2 Å². The van der Waals surface area contributed by atoms with Crippen molar-refractivity contribution >= 4 is 17.1 Å². The predicted molar refractivity (Wildman–Crippen MR) is 78.3 cm³/mol. The van der Waals surface area contributed by atoms with Gasteiger partial charge >= 0.3 is 5.95 Å². The molecule has 1 aliphatic heterocycles. The van der Waals surface area contributed by atoms with Crippen LogP contribution in [0.5, 0.6) is 0 Å². The zero-order valence-corrected chi connectivity index (χ0v) is 11.5. The minimum absolute atomic E-state index is 0.0711. The van der Waals surface area contributed by atoms with Gasteiger partial charge in [-0.05, 0) is 27.5 Å². The zero-order valence-electron chi connectivity index (χ0n) is 11.5. The topological polar surface area (TPSA) is 110 Å². The minimum Gasteiger partial charge on any atom is -0.390 e. The molecule has 110 valence electrons. The summed E-state index contributed by atoms with van der Waals surface area (Å²) >= 11 is 0. The van der Waals surface area contributed by atoms with Gasteiger partial charge < -0.3 is 20.4 Å². The zero-order chi connectivity index (χ0) is 15.1. The summed E-state index contributed by atoms with van der Waals surface area (Å²) in [5.74, 6) is 0.250. The molecule has 0 fully saturated rings. The van der Waals surface area contributed by atoms with Crippen LogP contribution < -0.4 is 5.32 Å². The highest BCUT2D eigenvalue weighted by molar-refractivity contribution is 5.70. The molecule has 4 rings (SSSR count). The third-order valence-corrected chi connectivity index (χ3v) is 3.79. The summed E-state index contributed by atoms with van der Waals surface area (Å²) in [5, 5.41) is 14.2. The fourth-order valence-electron chi connectivity index (χ4n) is 2.79. The van der Waals surface area contributed by atoms with Gasteiger partial charge in [0.15, 0.2) is 0 Å². The van der Waals surface area contributed by atoms with Crippen LogP contribution >= 0.6 is 0 Å². The lowest BCUT2D eigenvalue weighted by Crippen LogP contribution is -2.31. The van der Waals surface area contributed by atoms with Gasteiger partial charge in [0, 0.05) is 6.54 Å². The molecule has 0 radical (unpaired) electrons. The quantitative estimate of drug-likeness (QED) is 0.547. The van der Waals surface area contributed by atoms with Crippen molar-refractivity contribution in [2.75, 3.05) is 6.54 Å². The summed E-state index contributed by atoms with van der Waals surface area (Å²) in [6, 6.07) is 8.11. The lowest BCUT2D eigenvalue weighted by atomic mass is 9.94.